The van der Waals surface area contributed by atoms with Crippen LogP contribution in [-0.2, 0) is 4.79 Å². The molecule has 0 fully saturated rings. The lowest BCUT2D eigenvalue weighted by atomic mass is 10.2. The van der Waals surface area contributed by atoms with Crippen LogP contribution in [-0.4, -0.2) is 26.2 Å². The van der Waals surface area contributed by atoms with E-state index < -0.39 is 0 Å². The van der Waals surface area contributed by atoms with Crippen LogP contribution in [0.3, 0.4) is 0 Å². The first-order chi connectivity index (χ1) is 15.6. The Morgan fingerprint density at radius 3 is 2.62 bits per heavy atom. The van der Waals surface area contributed by atoms with Gasteiger partial charge in [-0.1, -0.05) is 65.8 Å². The normalized spacial score (nSPS) is 11.2. The molecular formula is C24H17ClN4O2S. The fourth-order valence-electron chi connectivity index (χ4n) is 3.54. The number of fused-ring (bicyclic) bond motifs is 3. The number of H-pyrrole nitrogens is 1. The number of nitrogens with zero attached hydrogens (tertiary/aromatic N) is 2. The quantitative estimate of drug-likeness (QED) is 0.277. The molecule has 2 aromatic heterocycles. The Kier molecular flexibility index (Phi) is 5.43. The number of hydrogen-bond donors (Lipinski definition) is 2. The first-order valence-electron chi connectivity index (χ1n) is 9.87. The number of aromatic nitrogens is 3. The number of aromatic amines is 1. The molecule has 3 aromatic carbocycles. The van der Waals surface area contributed by atoms with Crippen molar-refractivity contribution < 1.29 is 4.79 Å². The van der Waals surface area contributed by atoms with Gasteiger partial charge < -0.3 is 10.3 Å². The lowest BCUT2D eigenvalue weighted by Crippen LogP contribution is -2.23. The molecule has 8 heteroatoms. The highest BCUT2D eigenvalue weighted by Crippen LogP contribution is 2.26. The molecule has 0 saturated heterocycles. The molecule has 6 nitrogen and oxygen atoms in total. The second kappa shape index (κ2) is 8.53. The third-order valence-corrected chi connectivity index (χ3v) is 6.12. The van der Waals surface area contributed by atoms with Gasteiger partial charge in [0, 0.05) is 21.6 Å². The predicted octanol–water partition coefficient (Wildman–Crippen LogP) is 5.25. The van der Waals surface area contributed by atoms with E-state index in [1.807, 2.05) is 54.6 Å². The summed E-state index contributed by atoms with van der Waals surface area (Å²) in [5.74, 6) is -0.134. The highest BCUT2D eigenvalue weighted by Gasteiger charge is 2.18. The maximum atomic E-state index is 13.5. The molecule has 0 aliphatic heterocycles. The summed E-state index contributed by atoms with van der Waals surface area (Å²) in [4.78, 5) is 34.0. The minimum atomic E-state index is -0.217. The van der Waals surface area contributed by atoms with E-state index >= 15 is 0 Å². The fourth-order valence-corrected chi connectivity index (χ4v) is 4.53. The number of amides is 1. The number of rotatable bonds is 5. The maximum Gasteiger partial charge on any atom is 0.283 e. The number of carbonyl (C=O) groups excluding carboxylic acids is 1. The first kappa shape index (κ1) is 20.4. The summed E-state index contributed by atoms with van der Waals surface area (Å²) < 4.78 is 1.54. The topological polar surface area (TPSA) is 79.8 Å². The first-order valence-corrected chi connectivity index (χ1v) is 11.2. The minimum absolute atomic E-state index is 0.0830. The number of para-hydroxylation sites is 2. The van der Waals surface area contributed by atoms with Crippen molar-refractivity contribution in [2.45, 2.75) is 5.16 Å². The SMILES string of the molecule is O=C(CSc1nc2c([nH]c3ccccc32)c(=O)n1-c1ccccc1)Nc1cccc(Cl)c1. The van der Waals surface area contributed by atoms with Gasteiger partial charge >= 0.3 is 0 Å². The molecule has 0 unspecified atom stereocenters. The average molecular weight is 461 g/mol. The van der Waals surface area contributed by atoms with Crippen LogP contribution in [0.15, 0.2) is 88.8 Å². The molecule has 0 spiro atoms. The molecular weight excluding hydrogens is 444 g/mol. The zero-order chi connectivity index (χ0) is 22.1. The van der Waals surface area contributed by atoms with E-state index in [0.717, 1.165) is 10.9 Å². The number of anilines is 1. The van der Waals surface area contributed by atoms with Gasteiger partial charge in [-0.2, -0.15) is 0 Å². The van der Waals surface area contributed by atoms with Crippen LogP contribution < -0.4 is 10.9 Å². The minimum Gasteiger partial charge on any atom is -0.349 e. The smallest absolute Gasteiger partial charge is 0.283 e. The number of benzene rings is 3. The Labute approximate surface area is 192 Å². The second-order valence-corrected chi connectivity index (χ2v) is 8.49. The van der Waals surface area contributed by atoms with Crippen molar-refractivity contribution in [1.82, 2.24) is 14.5 Å². The Morgan fingerprint density at radius 1 is 1.03 bits per heavy atom. The van der Waals surface area contributed by atoms with Gasteiger partial charge in [0.15, 0.2) is 5.16 Å². The van der Waals surface area contributed by atoms with Gasteiger partial charge in [-0.25, -0.2) is 4.98 Å². The Morgan fingerprint density at radius 2 is 1.81 bits per heavy atom. The van der Waals surface area contributed by atoms with Crippen molar-refractivity contribution >= 4 is 56.9 Å². The Bertz CT molecular complexity index is 1510. The molecule has 5 aromatic rings. The van der Waals surface area contributed by atoms with Crippen molar-refractivity contribution in [1.29, 1.82) is 0 Å². The monoisotopic (exact) mass is 460 g/mol. The third kappa shape index (κ3) is 3.88. The standard InChI is InChI=1S/C24H17ClN4O2S/c25-15-7-6-8-16(13-15)26-20(30)14-32-24-28-21-18-11-4-5-12-19(18)27-22(21)23(31)29(24)17-9-2-1-3-10-17/h1-13,27H,14H2,(H,26,30). The third-order valence-electron chi connectivity index (χ3n) is 4.95. The van der Waals surface area contributed by atoms with E-state index in [4.69, 9.17) is 16.6 Å². The van der Waals surface area contributed by atoms with Gasteiger partial charge in [0.25, 0.3) is 5.56 Å². The summed E-state index contributed by atoms with van der Waals surface area (Å²) in [7, 11) is 0. The molecule has 5 rings (SSSR count). The number of thioether (sulfide) groups is 1. The van der Waals surface area contributed by atoms with E-state index in [-0.39, 0.29) is 17.2 Å². The van der Waals surface area contributed by atoms with Crippen molar-refractivity contribution in [2.75, 3.05) is 11.1 Å². The lowest BCUT2D eigenvalue weighted by Gasteiger charge is -2.12. The van der Waals surface area contributed by atoms with Gasteiger partial charge in [0.2, 0.25) is 5.91 Å². The van der Waals surface area contributed by atoms with Crippen LogP contribution >= 0.6 is 23.4 Å². The fraction of sp³-hybridized carbons (Fsp3) is 0.0417. The Hall–Kier alpha value is -3.55. The predicted molar refractivity (Wildman–Crippen MR) is 130 cm³/mol. The van der Waals surface area contributed by atoms with E-state index in [1.54, 1.807) is 24.3 Å². The molecule has 0 bridgehead atoms. The summed E-state index contributed by atoms with van der Waals surface area (Å²) in [6, 6.07) is 23.9. The van der Waals surface area contributed by atoms with Crippen LogP contribution in [0.4, 0.5) is 5.69 Å². The molecule has 158 valence electrons. The molecule has 32 heavy (non-hydrogen) atoms. The summed E-state index contributed by atoms with van der Waals surface area (Å²) in [6.07, 6.45) is 0. The average Bonchev–Trinajstić information content (AvgIpc) is 3.17. The molecule has 0 aliphatic carbocycles. The molecule has 0 radical (unpaired) electrons. The molecule has 1 amide bonds. The van der Waals surface area contributed by atoms with Gasteiger partial charge in [0.1, 0.15) is 11.0 Å². The molecule has 2 heterocycles. The van der Waals surface area contributed by atoms with Gasteiger partial charge in [-0.15, -0.1) is 0 Å². The molecule has 0 saturated carbocycles. The van der Waals surface area contributed by atoms with Crippen LogP contribution in [0.2, 0.25) is 5.02 Å². The van der Waals surface area contributed by atoms with Crippen molar-refractivity contribution in [3.05, 3.63) is 94.2 Å². The maximum absolute atomic E-state index is 13.5. The van der Waals surface area contributed by atoms with E-state index in [1.165, 1.54) is 16.3 Å². The number of halogens is 1. The second-order valence-electron chi connectivity index (χ2n) is 7.11. The molecule has 2 N–H and O–H groups in total. The largest absolute Gasteiger partial charge is 0.349 e. The highest BCUT2D eigenvalue weighted by molar-refractivity contribution is 7.99. The number of carbonyl (C=O) groups is 1. The van der Waals surface area contributed by atoms with Crippen LogP contribution in [0.25, 0.3) is 27.6 Å². The summed E-state index contributed by atoms with van der Waals surface area (Å²) in [5.41, 5.74) is 2.95. The zero-order valence-electron chi connectivity index (χ0n) is 16.7. The van der Waals surface area contributed by atoms with Crippen molar-refractivity contribution in [3.63, 3.8) is 0 Å². The van der Waals surface area contributed by atoms with Crippen LogP contribution in [0.1, 0.15) is 0 Å². The number of hydrogen-bond acceptors (Lipinski definition) is 4. The van der Waals surface area contributed by atoms with E-state index in [9.17, 15) is 9.59 Å². The van der Waals surface area contributed by atoms with Crippen molar-refractivity contribution in [3.8, 4) is 5.69 Å². The van der Waals surface area contributed by atoms with Crippen molar-refractivity contribution in [2.24, 2.45) is 0 Å². The van der Waals surface area contributed by atoms with Crippen LogP contribution in [0.5, 0.6) is 0 Å². The van der Waals surface area contributed by atoms with Gasteiger partial charge in [-0.05, 0) is 36.4 Å². The van der Waals surface area contributed by atoms with E-state index in [0.29, 0.717) is 32.6 Å². The Balaban J connectivity index is 1.55. The van der Waals surface area contributed by atoms with Crippen LogP contribution in [0, 0.1) is 0 Å². The summed E-state index contributed by atoms with van der Waals surface area (Å²) >= 11 is 7.20. The van der Waals surface area contributed by atoms with Gasteiger partial charge in [-0.3, -0.25) is 14.2 Å². The number of nitrogens with one attached hydrogen (secondary N) is 2. The zero-order valence-corrected chi connectivity index (χ0v) is 18.3. The molecule has 0 atom stereocenters. The molecule has 0 aliphatic rings. The summed E-state index contributed by atoms with van der Waals surface area (Å²) in [5, 5.41) is 4.67. The highest BCUT2D eigenvalue weighted by atomic mass is 35.5. The lowest BCUT2D eigenvalue weighted by molar-refractivity contribution is -0.113. The van der Waals surface area contributed by atoms with Gasteiger partial charge in [0.05, 0.1) is 11.4 Å². The summed E-state index contributed by atoms with van der Waals surface area (Å²) in [6.45, 7) is 0. The van der Waals surface area contributed by atoms with E-state index in [2.05, 4.69) is 10.3 Å².